The molecule has 150 valence electrons. The van der Waals surface area contributed by atoms with Crippen molar-refractivity contribution in [2.24, 2.45) is 10.9 Å². The van der Waals surface area contributed by atoms with Gasteiger partial charge in [0.1, 0.15) is 5.76 Å². The summed E-state index contributed by atoms with van der Waals surface area (Å²) in [5.74, 6) is 2.29. The summed E-state index contributed by atoms with van der Waals surface area (Å²) in [6.07, 6.45) is 8.08. The van der Waals surface area contributed by atoms with E-state index < -0.39 is 0 Å². The van der Waals surface area contributed by atoms with Crippen LogP contribution in [0.2, 0.25) is 0 Å². The van der Waals surface area contributed by atoms with Crippen molar-refractivity contribution in [2.45, 2.75) is 32.4 Å². The van der Waals surface area contributed by atoms with Crippen molar-refractivity contribution in [3.63, 3.8) is 0 Å². The largest absolute Gasteiger partial charge is 0.468 e. The summed E-state index contributed by atoms with van der Waals surface area (Å²) in [5.41, 5.74) is 0. The van der Waals surface area contributed by atoms with Crippen LogP contribution in [0.3, 0.4) is 0 Å². The second-order valence-electron chi connectivity index (χ2n) is 6.94. The summed E-state index contributed by atoms with van der Waals surface area (Å²) in [7, 11) is 1.81. The van der Waals surface area contributed by atoms with E-state index in [9.17, 15) is 0 Å². The average Bonchev–Trinajstić information content (AvgIpc) is 3.41. The van der Waals surface area contributed by atoms with Crippen LogP contribution in [0.4, 0.5) is 0 Å². The monoisotopic (exact) mass is 486 g/mol. The Morgan fingerprint density at radius 1 is 1.26 bits per heavy atom. The molecule has 0 amide bonds. The molecule has 7 nitrogen and oxygen atoms in total. The lowest BCUT2D eigenvalue weighted by Crippen LogP contribution is -2.44. The third kappa shape index (κ3) is 6.53. The van der Waals surface area contributed by atoms with Gasteiger partial charge in [0.2, 0.25) is 0 Å². The fourth-order valence-electron chi connectivity index (χ4n) is 3.42. The van der Waals surface area contributed by atoms with Gasteiger partial charge in [0.05, 0.1) is 12.3 Å². The number of aliphatic imine (C=N–C) groups is 1. The molecule has 8 heteroatoms. The molecule has 3 heterocycles. The van der Waals surface area contributed by atoms with Gasteiger partial charge in [0, 0.05) is 39.1 Å². The molecule has 1 aliphatic rings. The van der Waals surface area contributed by atoms with E-state index in [0.717, 1.165) is 44.4 Å². The fraction of sp³-hybridized carbons (Fsp3) is 0.579. The van der Waals surface area contributed by atoms with Gasteiger partial charge >= 0.3 is 0 Å². The van der Waals surface area contributed by atoms with Crippen molar-refractivity contribution >= 4 is 29.9 Å². The molecule has 0 bridgehead atoms. The van der Waals surface area contributed by atoms with E-state index >= 15 is 0 Å². The molecule has 2 aromatic rings. The van der Waals surface area contributed by atoms with Crippen LogP contribution >= 0.6 is 24.0 Å². The van der Waals surface area contributed by atoms with Crippen molar-refractivity contribution < 1.29 is 4.42 Å². The van der Waals surface area contributed by atoms with E-state index in [0.29, 0.717) is 5.92 Å². The minimum Gasteiger partial charge on any atom is -0.468 e. The van der Waals surface area contributed by atoms with Gasteiger partial charge in [-0.2, -0.15) is 5.10 Å². The Morgan fingerprint density at radius 3 is 2.67 bits per heavy atom. The van der Waals surface area contributed by atoms with Gasteiger partial charge in [0.25, 0.3) is 0 Å². The predicted molar refractivity (Wildman–Crippen MR) is 118 cm³/mol. The zero-order valence-corrected chi connectivity index (χ0v) is 18.5. The van der Waals surface area contributed by atoms with Crippen molar-refractivity contribution in [2.75, 3.05) is 33.2 Å². The van der Waals surface area contributed by atoms with Gasteiger partial charge in [-0.1, -0.05) is 6.92 Å². The van der Waals surface area contributed by atoms with Crippen LogP contribution in [0.25, 0.3) is 0 Å². The fourth-order valence-corrected chi connectivity index (χ4v) is 3.42. The number of nitrogens with zero attached hydrogens (tertiary/aromatic N) is 4. The zero-order valence-electron chi connectivity index (χ0n) is 16.2. The Hall–Kier alpha value is -1.55. The molecule has 27 heavy (non-hydrogen) atoms. The highest BCUT2D eigenvalue weighted by atomic mass is 127. The third-order valence-corrected chi connectivity index (χ3v) is 4.82. The maximum atomic E-state index is 5.68. The smallest absolute Gasteiger partial charge is 0.191 e. The van der Waals surface area contributed by atoms with Crippen LogP contribution in [0.1, 0.15) is 31.6 Å². The van der Waals surface area contributed by atoms with Crippen LogP contribution < -0.4 is 10.6 Å². The van der Waals surface area contributed by atoms with E-state index in [2.05, 4.69) is 38.6 Å². The van der Waals surface area contributed by atoms with Gasteiger partial charge in [-0.05, 0) is 50.0 Å². The van der Waals surface area contributed by atoms with Crippen molar-refractivity contribution in [1.82, 2.24) is 25.3 Å². The van der Waals surface area contributed by atoms with E-state index in [1.165, 1.54) is 12.8 Å². The number of furan rings is 1. The molecular formula is C19H31IN6O. The van der Waals surface area contributed by atoms with E-state index in [1.807, 2.05) is 36.3 Å². The summed E-state index contributed by atoms with van der Waals surface area (Å²) >= 11 is 0. The lowest BCUT2D eigenvalue weighted by Gasteiger charge is -2.27. The highest BCUT2D eigenvalue weighted by Gasteiger charge is 2.25. The first kappa shape index (κ1) is 21.7. The molecule has 0 aromatic carbocycles. The van der Waals surface area contributed by atoms with E-state index in [4.69, 9.17) is 4.42 Å². The van der Waals surface area contributed by atoms with Crippen molar-refractivity contribution in [3.05, 3.63) is 42.6 Å². The standard InChI is InChI=1S/C19H30N6O.HI/c1-16(15-25-11-6-8-23-25)13-21-19(20-2)22-14-17(18-7-5-12-26-18)24-9-3-4-10-24;/h5-8,11-12,16-17H,3-4,9-10,13-15H2,1-2H3,(H2,20,21,22);1H. The second kappa shape index (κ2) is 11.3. The highest BCUT2D eigenvalue weighted by molar-refractivity contribution is 14.0. The molecule has 0 spiro atoms. The van der Waals surface area contributed by atoms with Gasteiger partial charge < -0.3 is 15.1 Å². The molecule has 1 saturated heterocycles. The molecule has 0 saturated carbocycles. The molecule has 1 fully saturated rings. The van der Waals surface area contributed by atoms with Gasteiger partial charge in [-0.15, -0.1) is 24.0 Å². The highest BCUT2D eigenvalue weighted by Crippen LogP contribution is 2.24. The Labute approximate surface area is 178 Å². The maximum Gasteiger partial charge on any atom is 0.191 e. The summed E-state index contributed by atoms with van der Waals surface area (Å²) in [6, 6.07) is 6.22. The van der Waals surface area contributed by atoms with Crippen molar-refractivity contribution in [3.8, 4) is 0 Å². The van der Waals surface area contributed by atoms with Crippen LogP contribution in [0.15, 0.2) is 46.3 Å². The number of aromatic nitrogens is 2. The first-order valence-electron chi connectivity index (χ1n) is 9.45. The van der Waals surface area contributed by atoms with Crippen molar-refractivity contribution in [1.29, 1.82) is 0 Å². The molecule has 2 aromatic heterocycles. The van der Waals surface area contributed by atoms with Crippen LogP contribution in [0.5, 0.6) is 0 Å². The number of guanidine groups is 1. The first-order chi connectivity index (χ1) is 12.8. The third-order valence-electron chi connectivity index (χ3n) is 4.82. The second-order valence-corrected chi connectivity index (χ2v) is 6.94. The van der Waals surface area contributed by atoms with Crippen LogP contribution in [-0.4, -0.2) is 53.9 Å². The normalized spacial score (nSPS) is 17.3. The summed E-state index contributed by atoms with van der Waals surface area (Å²) in [6.45, 7) is 6.97. The first-order valence-corrected chi connectivity index (χ1v) is 9.45. The maximum absolute atomic E-state index is 5.68. The Balaban J connectivity index is 0.00000261. The number of halogens is 1. The molecule has 0 radical (unpaired) electrons. The number of hydrogen-bond acceptors (Lipinski definition) is 4. The Bertz CT molecular complexity index is 652. The number of nitrogens with one attached hydrogen (secondary N) is 2. The van der Waals surface area contributed by atoms with Crippen LogP contribution in [0, 0.1) is 5.92 Å². The minimum absolute atomic E-state index is 0. The summed E-state index contributed by atoms with van der Waals surface area (Å²) < 4.78 is 7.64. The Morgan fingerprint density at radius 2 is 2.04 bits per heavy atom. The predicted octanol–water partition coefficient (Wildman–Crippen LogP) is 2.73. The lowest BCUT2D eigenvalue weighted by molar-refractivity contribution is 0.215. The number of hydrogen-bond donors (Lipinski definition) is 2. The molecule has 2 atom stereocenters. The summed E-state index contributed by atoms with van der Waals surface area (Å²) in [4.78, 5) is 6.85. The SMILES string of the molecule is CN=C(NCC(C)Cn1cccn1)NCC(c1ccco1)N1CCCC1.I. The molecule has 2 unspecified atom stereocenters. The van der Waals surface area contributed by atoms with Gasteiger partial charge in [-0.25, -0.2) is 0 Å². The van der Waals surface area contributed by atoms with Crippen LogP contribution in [-0.2, 0) is 6.54 Å². The molecule has 2 N–H and O–H groups in total. The number of likely N-dealkylation sites (tertiary alicyclic amines) is 1. The Kier molecular flexibility index (Phi) is 9.12. The van der Waals surface area contributed by atoms with Gasteiger partial charge in [-0.3, -0.25) is 14.6 Å². The summed E-state index contributed by atoms with van der Waals surface area (Å²) in [5, 5.41) is 11.1. The molecule has 1 aliphatic heterocycles. The quantitative estimate of drug-likeness (QED) is 0.341. The van der Waals surface area contributed by atoms with E-state index in [1.54, 1.807) is 6.26 Å². The average molecular weight is 486 g/mol. The molecule has 3 rings (SSSR count). The minimum atomic E-state index is 0. The topological polar surface area (TPSA) is 70.6 Å². The zero-order chi connectivity index (χ0) is 18.2. The number of rotatable bonds is 8. The van der Waals surface area contributed by atoms with Gasteiger partial charge in [0.15, 0.2) is 5.96 Å². The molecular weight excluding hydrogens is 455 g/mol. The van der Waals surface area contributed by atoms with E-state index in [-0.39, 0.29) is 30.0 Å². The lowest BCUT2D eigenvalue weighted by atomic mass is 10.2. The molecule has 0 aliphatic carbocycles.